The van der Waals surface area contributed by atoms with Crippen molar-refractivity contribution in [3.05, 3.63) is 224 Å². The minimum Gasteiger partial charge on any atom is -0.438 e. The monoisotopic (exact) mass is 779 g/mol. The number of benzene rings is 8. The van der Waals surface area contributed by atoms with E-state index in [4.69, 9.17) is 19.4 Å². The summed E-state index contributed by atoms with van der Waals surface area (Å²) in [6.07, 6.45) is 0. The molecule has 3 aromatic heterocycles. The van der Waals surface area contributed by atoms with Gasteiger partial charge in [0.2, 0.25) is 5.71 Å². The molecule has 4 nitrogen and oxygen atoms in total. The molecule has 0 saturated heterocycles. The molecule has 0 bridgehead atoms. The highest BCUT2D eigenvalue weighted by molar-refractivity contribution is 6.10. The van der Waals surface area contributed by atoms with Crippen molar-refractivity contribution < 1.29 is 4.42 Å². The molecule has 3 heterocycles. The Bertz CT molecular complexity index is 3300. The summed E-state index contributed by atoms with van der Waals surface area (Å²) in [5.74, 6) is 0.622. The topological polar surface area (TPSA) is 51.8 Å². The Morgan fingerprint density at radius 3 is 1.30 bits per heavy atom. The van der Waals surface area contributed by atoms with Crippen molar-refractivity contribution in [3.63, 3.8) is 0 Å². The van der Waals surface area contributed by atoms with Crippen LogP contribution in [-0.2, 0) is 0 Å². The third-order valence-electron chi connectivity index (χ3n) is 11.3. The number of aromatic nitrogens is 3. The molecular weight excluding hydrogens is 743 g/mol. The van der Waals surface area contributed by atoms with Crippen molar-refractivity contribution in [2.24, 2.45) is 0 Å². The number of nitrogens with zero attached hydrogens (tertiary/aromatic N) is 3. The van der Waals surface area contributed by atoms with E-state index in [1.54, 1.807) is 0 Å². The maximum atomic E-state index is 6.32. The molecule has 4 heteroatoms. The second-order valence-corrected chi connectivity index (χ2v) is 15.2. The molecule has 0 radical (unpaired) electrons. The van der Waals surface area contributed by atoms with Crippen molar-refractivity contribution in [2.45, 2.75) is 0 Å². The quantitative estimate of drug-likeness (QED) is 0.154. The number of pyridine rings is 1. The molecule has 11 aromatic rings. The Balaban J connectivity index is 0.929. The fraction of sp³-hybridized carbons (Fsp3) is 0. The molecule has 0 amide bonds. The van der Waals surface area contributed by atoms with Gasteiger partial charge in [-0.05, 0) is 87.0 Å². The van der Waals surface area contributed by atoms with Crippen LogP contribution < -0.4 is 0 Å². The van der Waals surface area contributed by atoms with E-state index in [0.717, 1.165) is 100 Å². The lowest BCUT2D eigenvalue weighted by Crippen LogP contribution is -1.94. The predicted octanol–water partition coefficient (Wildman–Crippen LogP) is 15.1. The average molecular weight is 780 g/mol. The van der Waals surface area contributed by atoms with Gasteiger partial charge in [-0.15, -0.1) is 0 Å². The molecule has 0 saturated carbocycles. The largest absolute Gasteiger partial charge is 0.438 e. The molecule has 11 rings (SSSR count). The maximum absolute atomic E-state index is 6.32. The van der Waals surface area contributed by atoms with Gasteiger partial charge in [0.25, 0.3) is 0 Å². The normalized spacial score (nSPS) is 11.3. The van der Waals surface area contributed by atoms with Crippen molar-refractivity contribution in [3.8, 4) is 89.7 Å². The van der Waals surface area contributed by atoms with Gasteiger partial charge in [-0.2, -0.15) is 4.98 Å². The Morgan fingerprint density at radius 2 is 0.705 bits per heavy atom. The second-order valence-electron chi connectivity index (χ2n) is 15.2. The lowest BCUT2D eigenvalue weighted by Gasteiger charge is -2.12. The Kier molecular flexibility index (Phi) is 9.14. The number of hydrogen-bond acceptors (Lipinski definition) is 4. The van der Waals surface area contributed by atoms with Crippen LogP contribution in [0.4, 0.5) is 0 Å². The highest BCUT2D eigenvalue weighted by atomic mass is 16.3. The first-order valence-electron chi connectivity index (χ1n) is 20.5. The Morgan fingerprint density at radius 1 is 0.279 bits per heavy atom. The standard InChI is InChI=1S/C57H37N3O/c1-4-16-38(17-5-1)49-36-51(39-18-6-2-7-19-39)58-52(37-49)47-28-14-26-45(34-47)43-24-12-22-41(32-43)42-23-13-25-44(33-42)46-27-15-29-48(35-46)56-59-55(40-20-8-3-9-21-40)54-50-30-10-11-31-53(50)61-57(54)60-56/h1-37H. The van der Waals surface area contributed by atoms with E-state index in [0.29, 0.717) is 11.5 Å². The first-order valence-corrected chi connectivity index (χ1v) is 20.5. The molecule has 0 spiro atoms. The highest BCUT2D eigenvalue weighted by Gasteiger charge is 2.18. The van der Waals surface area contributed by atoms with Gasteiger partial charge in [-0.25, -0.2) is 9.97 Å². The zero-order valence-corrected chi connectivity index (χ0v) is 33.1. The van der Waals surface area contributed by atoms with Gasteiger partial charge in [0.05, 0.1) is 22.5 Å². The van der Waals surface area contributed by atoms with E-state index in [1.807, 2.05) is 42.5 Å². The molecule has 0 atom stereocenters. The molecule has 0 unspecified atom stereocenters. The number of hydrogen-bond donors (Lipinski definition) is 0. The lowest BCUT2D eigenvalue weighted by molar-refractivity contribution is 0.653. The lowest BCUT2D eigenvalue weighted by atomic mass is 9.94. The fourth-order valence-corrected chi connectivity index (χ4v) is 8.24. The van der Waals surface area contributed by atoms with Gasteiger partial charge in [0, 0.05) is 27.6 Å². The van der Waals surface area contributed by atoms with Crippen LogP contribution in [0.1, 0.15) is 0 Å². The van der Waals surface area contributed by atoms with Crippen molar-refractivity contribution in [1.82, 2.24) is 15.0 Å². The van der Waals surface area contributed by atoms with Gasteiger partial charge in [-0.1, -0.05) is 182 Å². The van der Waals surface area contributed by atoms with Crippen LogP contribution in [0.15, 0.2) is 229 Å². The third kappa shape index (κ3) is 7.07. The molecule has 286 valence electrons. The zero-order valence-electron chi connectivity index (χ0n) is 33.1. The predicted molar refractivity (Wildman–Crippen MR) is 251 cm³/mol. The molecule has 0 aliphatic heterocycles. The summed E-state index contributed by atoms with van der Waals surface area (Å²) >= 11 is 0. The summed E-state index contributed by atoms with van der Waals surface area (Å²) in [5.41, 5.74) is 17.3. The molecule has 61 heavy (non-hydrogen) atoms. The highest BCUT2D eigenvalue weighted by Crippen LogP contribution is 2.38. The summed E-state index contributed by atoms with van der Waals surface area (Å²) < 4.78 is 6.32. The molecular formula is C57H37N3O. The van der Waals surface area contributed by atoms with Crippen molar-refractivity contribution >= 4 is 22.1 Å². The van der Waals surface area contributed by atoms with E-state index in [-0.39, 0.29) is 0 Å². The van der Waals surface area contributed by atoms with Gasteiger partial charge < -0.3 is 4.42 Å². The summed E-state index contributed by atoms with van der Waals surface area (Å²) in [7, 11) is 0. The van der Waals surface area contributed by atoms with Crippen LogP contribution in [0.2, 0.25) is 0 Å². The van der Waals surface area contributed by atoms with Gasteiger partial charge in [0.1, 0.15) is 5.58 Å². The summed E-state index contributed by atoms with van der Waals surface area (Å²) in [6.45, 7) is 0. The second kappa shape index (κ2) is 15.5. The third-order valence-corrected chi connectivity index (χ3v) is 11.3. The van der Waals surface area contributed by atoms with Gasteiger partial charge in [-0.3, -0.25) is 0 Å². The number of furan rings is 1. The molecule has 0 aliphatic carbocycles. The van der Waals surface area contributed by atoms with Crippen molar-refractivity contribution in [1.29, 1.82) is 0 Å². The smallest absolute Gasteiger partial charge is 0.231 e. The zero-order chi connectivity index (χ0) is 40.5. The molecule has 0 N–H and O–H groups in total. The van der Waals surface area contributed by atoms with Gasteiger partial charge in [0.15, 0.2) is 5.82 Å². The maximum Gasteiger partial charge on any atom is 0.231 e. The number of para-hydroxylation sites is 1. The first-order chi connectivity index (χ1) is 30.2. The summed E-state index contributed by atoms with van der Waals surface area (Å²) in [6, 6.07) is 78.3. The minimum absolute atomic E-state index is 0.580. The van der Waals surface area contributed by atoms with Crippen LogP contribution in [-0.4, -0.2) is 15.0 Å². The van der Waals surface area contributed by atoms with Crippen LogP contribution >= 0.6 is 0 Å². The fourth-order valence-electron chi connectivity index (χ4n) is 8.24. The van der Waals surface area contributed by atoms with Gasteiger partial charge >= 0.3 is 0 Å². The minimum atomic E-state index is 0.580. The van der Waals surface area contributed by atoms with Crippen LogP contribution in [0.3, 0.4) is 0 Å². The van der Waals surface area contributed by atoms with E-state index < -0.39 is 0 Å². The van der Waals surface area contributed by atoms with Crippen LogP contribution in [0.25, 0.3) is 112 Å². The Labute approximate surface area is 354 Å². The first kappa shape index (κ1) is 35.9. The van der Waals surface area contributed by atoms with E-state index in [2.05, 4.69) is 182 Å². The molecule has 8 aromatic carbocycles. The van der Waals surface area contributed by atoms with Crippen LogP contribution in [0, 0.1) is 0 Å². The number of rotatable bonds is 8. The van der Waals surface area contributed by atoms with E-state index in [9.17, 15) is 0 Å². The Hall–Kier alpha value is -8.21. The SMILES string of the molecule is c1ccc(-c2cc(-c3ccccc3)nc(-c3cccc(-c4cccc(-c5cccc(-c6cccc(-c7nc(-c8ccccc8)c8c(n7)oc7ccccc78)c6)c5)c4)c3)c2)cc1. The number of fused-ring (bicyclic) bond motifs is 3. The van der Waals surface area contributed by atoms with Crippen LogP contribution in [0.5, 0.6) is 0 Å². The van der Waals surface area contributed by atoms with E-state index in [1.165, 1.54) is 0 Å². The van der Waals surface area contributed by atoms with Crippen molar-refractivity contribution in [2.75, 3.05) is 0 Å². The average Bonchev–Trinajstić information content (AvgIpc) is 3.73. The summed E-state index contributed by atoms with van der Waals surface area (Å²) in [5, 5.41) is 1.93. The van der Waals surface area contributed by atoms with E-state index >= 15 is 0 Å². The molecule has 0 aliphatic rings. The summed E-state index contributed by atoms with van der Waals surface area (Å²) in [4.78, 5) is 15.4. The molecule has 0 fully saturated rings.